The lowest BCUT2D eigenvalue weighted by Crippen LogP contribution is -2.42. The lowest BCUT2D eigenvalue weighted by atomic mass is 10.0. The average molecular weight is 656 g/mol. The van der Waals surface area contributed by atoms with Crippen molar-refractivity contribution in [2.24, 2.45) is 0 Å². The number of hydrogen-bond acceptors (Lipinski definition) is 9. The monoisotopic (exact) mass is 655 g/mol. The fourth-order valence-electron chi connectivity index (χ4n) is 5.43. The van der Waals surface area contributed by atoms with Crippen LogP contribution in [-0.2, 0) is 37.0 Å². The third kappa shape index (κ3) is 7.80. The van der Waals surface area contributed by atoms with Crippen molar-refractivity contribution in [2.75, 3.05) is 10.7 Å². The van der Waals surface area contributed by atoms with Crippen molar-refractivity contribution in [1.82, 2.24) is 5.32 Å². The van der Waals surface area contributed by atoms with Crippen molar-refractivity contribution in [3.05, 3.63) is 131 Å². The molecule has 2 aliphatic rings. The number of amides is 3. The molecule has 11 nitrogen and oxygen atoms in total. The molecule has 0 bridgehead atoms. The van der Waals surface area contributed by atoms with Crippen LogP contribution in [0.25, 0.3) is 0 Å². The van der Waals surface area contributed by atoms with Crippen molar-refractivity contribution in [2.45, 2.75) is 55.6 Å². The summed E-state index contributed by atoms with van der Waals surface area (Å²) in [7, 11) is 0. The van der Waals surface area contributed by atoms with Crippen LogP contribution in [-0.4, -0.2) is 40.9 Å². The predicted octanol–water partition coefficient (Wildman–Crippen LogP) is 4.71. The van der Waals surface area contributed by atoms with E-state index in [9.17, 15) is 24.7 Å². The maximum Gasteiger partial charge on any atom is 0.408 e. The third-order valence-electron chi connectivity index (χ3n) is 7.90. The molecule has 2 N–H and O–H groups in total. The van der Waals surface area contributed by atoms with Crippen LogP contribution in [0.2, 0.25) is 0 Å². The van der Waals surface area contributed by atoms with Gasteiger partial charge >= 0.3 is 6.09 Å². The van der Waals surface area contributed by atoms with Gasteiger partial charge in [0.1, 0.15) is 12.6 Å². The minimum Gasteiger partial charge on any atom is -0.618 e. The molecule has 3 amide bonds. The molecule has 242 valence electrons. The summed E-state index contributed by atoms with van der Waals surface area (Å²) >= 11 is 1.40. The fraction of sp³-hybridized carbons (Fsp3) is 0.257. The van der Waals surface area contributed by atoms with Crippen LogP contribution >= 0.6 is 11.8 Å². The number of carbonyl (C=O) groups excluding carboxylic acids is 3. The van der Waals surface area contributed by atoms with Gasteiger partial charge in [-0.3, -0.25) is 9.59 Å². The molecule has 2 aliphatic heterocycles. The predicted molar refractivity (Wildman–Crippen MR) is 172 cm³/mol. The van der Waals surface area contributed by atoms with Gasteiger partial charge in [0.15, 0.2) is 12.5 Å². The molecule has 1 aromatic heterocycles. The first-order valence-corrected chi connectivity index (χ1v) is 16.1. The number of alkyl carbamates (subject to hydrolysis) is 1. The first kappa shape index (κ1) is 32.2. The van der Waals surface area contributed by atoms with Crippen LogP contribution in [0.4, 0.5) is 10.5 Å². The van der Waals surface area contributed by atoms with Gasteiger partial charge in [0.25, 0.3) is 10.9 Å². The highest BCUT2D eigenvalue weighted by Gasteiger charge is 2.41. The summed E-state index contributed by atoms with van der Waals surface area (Å²) in [6.07, 6.45) is -0.321. The minimum atomic E-state index is -1.04. The van der Waals surface area contributed by atoms with Gasteiger partial charge in [0.05, 0.1) is 30.9 Å². The number of nitrogens with one attached hydrogen (secondary N) is 1. The number of rotatable bonds is 10. The number of nitrogens with zero attached hydrogens (tertiary/aromatic N) is 2. The highest BCUT2D eigenvalue weighted by molar-refractivity contribution is 7.99. The Morgan fingerprint density at radius 1 is 0.936 bits per heavy atom. The molecule has 0 saturated carbocycles. The topological polar surface area (TPSA) is 141 Å². The van der Waals surface area contributed by atoms with Crippen molar-refractivity contribution in [3.8, 4) is 0 Å². The van der Waals surface area contributed by atoms with E-state index < -0.39 is 30.2 Å². The standard InChI is InChI=1S/C35H33N3O8S/c39-20-23-9-11-25(12-10-23)30-18-28(22-47-32-8-4-5-17-37(32)43)45-34(46-30)26-13-15-27(16-14-26)38-31(40)19-29(33(38)41)36-35(42)44-21-24-6-2-1-3-7-24/h1-17,28-30,34,39H,18-22H2,(H,36,42)/t28-,29?,30+,34+/m1/s1. The van der Waals surface area contributed by atoms with E-state index in [1.807, 2.05) is 60.7 Å². The number of aliphatic hydroxyl groups excluding tert-OH is 1. The Labute approximate surface area is 275 Å². The summed E-state index contributed by atoms with van der Waals surface area (Å²) in [5, 5.41) is 24.7. The molecule has 6 rings (SSSR count). The molecule has 2 saturated heterocycles. The zero-order chi connectivity index (χ0) is 32.8. The number of imide groups is 1. The van der Waals surface area contributed by atoms with Gasteiger partial charge in [-0.15, -0.1) is 0 Å². The summed E-state index contributed by atoms with van der Waals surface area (Å²) < 4.78 is 18.8. The summed E-state index contributed by atoms with van der Waals surface area (Å²) in [6.45, 7) is -0.0239. The Bertz CT molecular complexity index is 1700. The SMILES string of the molecule is O=C(NC1CC(=O)N(c2ccc([C@H]3O[C@@H](CSc4cccc[n+]4[O-])C[C@@H](c4ccc(CO)cc4)O3)cc2)C1=O)OCc1ccccc1. The zero-order valence-electron chi connectivity index (χ0n) is 25.3. The Morgan fingerprint density at radius 2 is 1.66 bits per heavy atom. The summed E-state index contributed by atoms with van der Waals surface area (Å²) in [5.74, 6) is -0.486. The maximum absolute atomic E-state index is 13.2. The van der Waals surface area contributed by atoms with E-state index in [0.717, 1.165) is 26.3 Å². The van der Waals surface area contributed by atoms with Crippen molar-refractivity contribution < 1.29 is 38.4 Å². The molecule has 3 heterocycles. The number of pyridine rings is 1. The third-order valence-corrected chi connectivity index (χ3v) is 9.05. The second-order valence-electron chi connectivity index (χ2n) is 11.1. The molecule has 47 heavy (non-hydrogen) atoms. The van der Waals surface area contributed by atoms with Crippen LogP contribution in [0.3, 0.4) is 0 Å². The van der Waals surface area contributed by atoms with Gasteiger partial charge in [-0.2, -0.15) is 4.73 Å². The van der Waals surface area contributed by atoms with Gasteiger partial charge in [-0.1, -0.05) is 78.5 Å². The second-order valence-corrected chi connectivity index (χ2v) is 12.2. The number of aromatic nitrogens is 1. The highest BCUT2D eigenvalue weighted by Crippen LogP contribution is 2.40. The minimum absolute atomic E-state index is 0.0390. The van der Waals surface area contributed by atoms with Gasteiger partial charge in [-0.25, -0.2) is 9.69 Å². The summed E-state index contributed by atoms with van der Waals surface area (Å²) in [5.41, 5.74) is 3.55. The second kappa shape index (κ2) is 14.8. The van der Waals surface area contributed by atoms with E-state index in [1.54, 1.807) is 36.4 Å². The number of thioether (sulfide) groups is 1. The van der Waals surface area contributed by atoms with Crippen molar-refractivity contribution in [3.63, 3.8) is 0 Å². The first-order valence-electron chi connectivity index (χ1n) is 15.1. The molecular weight excluding hydrogens is 622 g/mol. The van der Waals surface area contributed by atoms with Crippen molar-refractivity contribution in [1.29, 1.82) is 0 Å². The Hall–Kier alpha value is -4.75. The van der Waals surface area contributed by atoms with E-state index in [4.69, 9.17) is 14.2 Å². The quantitative estimate of drug-likeness (QED) is 0.108. The Kier molecular flexibility index (Phi) is 10.1. The Morgan fingerprint density at radius 3 is 2.38 bits per heavy atom. The van der Waals surface area contributed by atoms with E-state index in [0.29, 0.717) is 28.5 Å². The number of anilines is 1. The lowest BCUT2D eigenvalue weighted by molar-refractivity contribution is -0.645. The molecule has 0 spiro atoms. The van der Waals surface area contributed by atoms with Gasteiger partial charge in [-0.05, 0) is 34.9 Å². The number of aliphatic hydroxyl groups is 1. The zero-order valence-corrected chi connectivity index (χ0v) is 26.1. The van der Waals surface area contributed by atoms with Crippen LogP contribution in [0.1, 0.15) is 47.5 Å². The van der Waals surface area contributed by atoms with Gasteiger partial charge in [0, 0.05) is 29.9 Å². The summed E-state index contributed by atoms with van der Waals surface area (Å²) in [4.78, 5) is 39.4. The average Bonchev–Trinajstić information content (AvgIpc) is 3.38. The molecule has 0 aliphatic carbocycles. The molecule has 3 aromatic carbocycles. The number of hydrogen-bond donors (Lipinski definition) is 2. The number of carbonyl (C=O) groups is 3. The van der Waals surface area contributed by atoms with Gasteiger partial charge < -0.3 is 29.8 Å². The molecule has 0 radical (unpaired) electrons. The van der Waals surface area contributed by atoms with Crippen LogP contribution in [0, 0.1) is 5.21 Å². The summed E-state index contributed by atoms with van der Waals surface area (Å²) in [6, 6.07) is 27.6. The Balaban J connectivity index is 1.13. The first-order chi connectivity index (χ1) is 22.9. The van der Waals surface area contributed by atoms with Crippen LogP contribution < -0.4 is 14.9 Å². The fourth-order valence-corrected chi connectivity index (χ4v) is 6.36. The molecule has 4 aromatic rings. The van der Waals surface area contributed by atoms with E-state index >= 15 is 0 Å². The van der Waals surface area contributed by atoms with Crippen LogP contribution in [0.15, 0.2) is 108 Å². The normalized spacial score (nSPS) is 21.1. The molecule has 2 fully saturated rings. The van der Waals surface area contributed by atoms with E-state index in [-0.39, 0.29) is 31.8 Å². The largest absolute Gasteiger partial charge is 0.618 e. The molecule has 4 atom stereocenters. The highest BCUT2D eigenvalue weighted by atomic mass is 32.2. The molecule has 1 unspecified atom stereocenters. The van der Waals surface area contributed by atoms with Gasteiger partial charge in [0.2, 0.25) is 5.91 Å². The van der Waals surface area contributed by atoms with E-state index in [2.05, 4.69) is 5.32 Å². The molecule has 12 heteroatoms. The maximum atomic E-state index is 13.2. The lowest BCUT2D eigenvalue weighted by Gasteiger charge is -2.36. The van der Waals surface area contributed by atoms with Crippen LogP contribution in [0.5, 0.6) is 0 Å². The number of ether oxygens (including phenoxy) is 3. The molecular formula is C35H33N3O8S. The van der Waals surface area contributed by atoms with E-state index in [1.165, 1.54) is 18.0 Å². The van der Waals surface area contributed by atoms with Crippen molar-refractivity contribution >= 4 is 35.4 Å². The smallest absolute Gasteiger partial charge is 0.408 e. The number of benzene rings is 3.